The van der Waals surface area contributed by atoms with Crippen molar-refractivity contribution in [3.8, 4) is 17.2 Å². The topological polar surface area (TPSA) is 68.8 Å². The van der Waals surface area contributed by atoms with E-state index < -0.39 is 0 Å². The second kappa shape index (κ2) is 9.59. The monoisotopic (exact) mass is 402 g/mol. The molecule has 28 heavy (non-hydrogen) atoms. The van der Waals surface area contributed by atoms with E-state index >= 15 is 0 Å². The van der Waals surface area contributed by atoms with Crippen LogP contribution in [0.15, 0.2) is 41.3 Å². The summed E-state index contributed by atoms with van der Waals surface area (Å²) in [7, 11) is 0. The van der Waals surface area contributed by atoms with Crippen molar-refractivity contribution in [3.63, 3.8) is 0 Å². The highest BCUT2D eigenvalue weighted by atomic mass is 32.2. The average molecular weight is 403 g/mol. The smallest absolute Gasteiger partial charge is 0.319 e. The van der Waals surface area contributed by atoms with E-state index in [4.69, 9.17) is 14.2 Å². The van der Waals surface area contributed by atoms with Crippen LogP contribution in [-0.2, 0) is 0 Å². The molecule has 0 spiro atoms. The summed E-state index contributed by atoms with van der Waals surface area (Å²) in [5.41, 5.74) is 1.85. The summed E-state index contributed by atoms with van der Waals surface area (Å²) in [4.78, 5) is 13.3. The number of ether oxygens (including phenoxy) is 3. The Balaban J connectivity index is 1.41. The average Bonchev–Trinajstić information content (AvgIpc) is 3.15. The summed E-state index contributed by atoms with van der Waals surface area (Å²) >= 11 is 1.85. The number of benzene rings is 2. The number of aryl methyl sites for hydroxylation is 1. The van der Waals surface area contributed by atoms with Gasteiger partial charge < -0.3 is 24.8 Å². The first kappa shape index (κ1) is 20.2. The molecular weight excluding hydrogens is 376 g/mol. The number of fused-ring (bicyclic) bond motifs is 1. The van der Waals surface area contributed by atoms with Gasteiger partial charge in [0.2, 0.25) is 6.79 Å². The molecule has 7 heteroatoms. The maximum absolute atomic E-state index is 12.1. The molecule has 2 aromatic carbocycles. The fraction of sp³-hybridized carbons (Fsp3) is 0.381. The van der Waals surface area contributed by atoms with Gasteiger partial charge in [-0.15, -0.1) is 11.8 Å². The highest BCUT2D eigenvalue weighted by Crippen LogP contribution is 2.35. The normalized spacial score (nSPS) is 13.1. The fourth-order valence-electron chi connectivity index (χ4n) is 2.63. The van der Waals surface area contributed by atoms with Crippen molar-refractivity contribution >= 4 is 23.5 Å². The number of carbonyl (C=O) groups is 1. The lowest BCUT2D eigenvalue weighted by molar-refractivity contribution is 0.173. The number of amides is 2. The van der Waals surface area contributed by atoms with Gasteiger partial charge in [-0.3, -0.25) is 0 Å². The predicted octanol–water partition coefficient (Wildman–Crippen LogP) is 4.81. The predicted molar refractivity (Wildman–Crippen MR) is 112 cm³/mol. The van der Waals surface area contributed by atoms with E-state index in [9.17, 15) is 4.79 Å². The lowest BCUT2D eigenvalue weighted by atomic mass is 10.2. The van der Waals surface area contributed by atoms with Crippen molar-refractivity contribution in [2.24, 2.45) is 0 Å². The van der Waals surface area contributed by atoms with Gasteiger partial charge in [0.25, 0.3) is 0 Å². The summed E-state index contributed by atoms with van der Waals surface area (Å²) in [5, 5.41) is 6.26. The van der Waals surface area contributed by atoms with Gasteiger partial charge in [0, 0.05) is 21.9 Å². The molecule has 0 saturated heterocycles. The maximum atomic E-state index is 12.1. The van der Waals surface area contributed by atoms with Crippen LogP contribution in [-0.4, -0.2) is 31.2 Å². The van der Waals surface area contributed by atoms with Gasteiger partial charge in [0.15, 0.2) is 11.5 Å². The van der Waals surface area contributed by atoms with Crippen LogP contribution in [0, 0.1) is 6.92 Å². The third kappa shape index (κ3) is 5.48. The van der Waals surface area contributed by atoms with Crippen molar-refractivity contribution in [2.75, 3.05) is 25.3 Å². The van der Waals surface area contributed by atoms with Crippen LogP contribution in [0.5, 0.6) is 17.2 Å². The Morgan fingerprint density at radius 2 is 2.04 bits per heavy atom. The van der Waals surface area contributed by atoms with Crippen LogP contribution in [0.4, 0.5) is 10.5 Å². The Hall–Kier alpha value is -2.54. The van der Waals surface area contributed by atoms with Gasteiger partial charge in [0.1, 0.15) is 12.4 Å². The number of hydrogen-bond acceptors (Lipinski definition) is 5. The third-order valence-electron chi connectivity index (χ3n) is 4.36. The Bertz CT molecular complexity index is 828. The van der Waals surface area contributed by atoms with Gasteiger partial charge in [-0.1, -0.05) is 13.8 Å². The Morgan fingerprint density at radius 1 is 1.21 bits per heavy atom. The quantitative estimate of drug-likeness (QED) is 0.490. The molecule has 2 amide bonds. The van der Waals surface area contributed by atoms with Crippen LogP contribution in [0.25, 0.3) is 0 Å². The van der Waals surface area contributed by atoms with Crippen LogP contribution in [0.2, 0.25) is 0 Å². The number of carbonyl (C=O) groups excluding carboxylic acids is 1. The number of hydrogen-bond donors (Lipinski definition) is 2. The highest BCUT2D eigenvalue weighted by Gasteiger charge is 2.13. The number of anilines is 1. The SMILES string of the molecule is CCC(C)Sc1ccc(NC(=O)NCCOc2ccc3c(c2)OCO3)c(C)c1. The third-order valence-corrected chi connectivity index (χ3v) is 5.62. The largest absolute Gasteiger partial charge is 0.492 e. The Morgan fingerprint density at radius 3 is 2.82 bits per heavy atom. The van der Waals surface area contributed by atoms with Crippen LogP contribution >= 0.6 is 11.8 Å². The first-order valence-electron chi connectivity index (χ1n) is 9.39. The number of thioether (sulfide) groups is 1. The molecule has 1 unspecified atom stereocenters. The molecule has 2 N–H and O–H groups in total. The summed E-state index contributed by atoms with van der Waals surface area (Å²) in [6.45, 7) is 7.38. The zero-order valence-electron chi connectivity index (χ0n) is 16.4. The van der Waals surface area contributed by atoms with E-state index in [0.29, 0.717) is 35.7 Å². The van der Waals surface area contributed by atoms with Gasteiger partial charge >= 0.3 is 6.03 Å². The minimum Gasteiger partial charge on any atom is -0.492 e. The summed E-state index contributed by atoms with van der Waals surface area (Å²) in [5.74, 6) is 2.07. The molecule has 0 saturated carbocycles. The molecule has 0 aliphatic carbocycles. The molecule has 6 nitrogen and oxygen atoms in total. The van der Waals surface area contributed by atoms with E-state index in [1.165, 1.54) is 4.90 Å². The molecule has 0 fully saturated rings. The fourth-order valence-corrected chi connectivity index (χ4v) is 3.65. The zero-order valence-corrected chi connectivity index (χ0v) is 17.2. The lowest BCUT2D eigenvalue weighted by Crippen LogP contribution is -2.32. The standard InChI is InChI=1S/C21H26N2O4S/c1-4-15(3)28-17-6-7-18(14(2)11-17)23-21(24)22-9-10-25-16-5-8-19-20(12-16)27-13-26-19/h5-8,11-12,15H,4,9-10,13H2,1-3H3,(H2,22,23,24). The van der Waals surface area contributed by atoms with Crippen molar-refractivity contribution in [2.45, 2.75) is 37.3 Å². The summed E-state index contributed by atoms with van der Waals surface area (Å²) < 4.78 is 16.2. The molecule has 2 aromatic rings. The molecule has 150 valence electrons. The van der Waals surface area contributed by atoms with E-state index in [2.05, 4.69) is 30.5 Å². The second-order valence-electron chi connectivity index (χ2n) is 6.56. The van der Waals surface area contributed by atoms with Gasteiger partial charge in [-0.2, -0.15) is 0 Å². The van der Waals surface area contributed by atoms with E-state index in [0.717, 1.165) is 17.7 Å². The molecule has 0 radical (unpaired) electrons. The maximum Gasteiger partial charge on any atom is 0.319 e. The summed E-state index contributed by atoms with van der Waals surface area (Å²) in [6.07, 6.45) is 1.13. The van der Waals surface area contributed by atoms with Crippen LogP contribution < -0.4 is 24.8 Å². The van der Waals surface area contributed by atoms with Crippen molar-refractivity contribution in [1.82, 2.24) is 5.32 Å². The minimum absolute atomic E-state index is 0.233. The van der Waals surface area contributed by atoms with Crippen molar-refractivity contribution in [3.05, 3.63) is 42.0 Å². The molecule has 0 bridgehead atoms. The van der Waals surface area contributed by atoms with E-state index in [1.807, 2.05) is 43.0 Å². The van der Waals surface area contributed by atoms with Crippen LogP contribution in [0.3, 0.4) is 0 Å². The Kier molecular flexibility index (Phi) is 6.92. The van der Waals surface area contributed by atoms with Gasteiger partial charge in [-0.25, -0.2) is 4.79 Å². The first-order valence-corrected chi connectivity index (χ1v) is 10.3. The molecule has 1 atom stereocenters. The van der Waals surface area contributed by atoms with Crippen LogP contribution in [0.1, 0.15) is 25.8 Å². The number of nitrogens with one attached hydrogen (secondary N) is 2. The van der Waals surface area contributed by atoms with Crippen molar-refractivity contribution in [1.29, 1.82) is 0 Å². The highest BCUT2D eigenvalue weighted by molar-refractivity contribution is 7.99. The summed E-state index contributed by atoms with van der Waals surface area (Å²) in [6, 6.07) is 11.3. The Labute approximate surface area is 169 Å². The molecule has 1 aliphatic heterocycles. The van der Waals surface area contributed by atoms with Gasteiger partial charge in [-0.05, 0) is 49.2 Å². The molecule has 1 heterocycles. The molecule has 1 aliphatic rings. The van der Waals surface area contributed by atoms with E-state index in [1.54, 1.807) is 6.07 Å². The van der Waals surface area contributed by atoms with Crippen molar-refractivity contribution < 1.29 is 19.0 Å². The first-order chi connectivity index (χ1) is 13.5. The molecular formula is C21H26N2O4S. The van der Waals surface area contributed by atoms with E-state index in [-0.39, 0.29) is 12.8 Å². The molecule has 3 rings (SSSR count). The zero-order chi connectivity index (χ0) is 19.9. The second-order valence-corrected chi connectivity index (χ2v) is 8.07. The molecule has 0 aromatic heterocycles. The lowest BCUT2D eigenvalue weighted by Gasteiger charge is -2.13. The number of rotatable bonds is 8. The number of urea groups is 1. The minimum atomic E-state index is -0.250. The van der Waals surface area contributed by atoms with Gasteiger partial charge in [0.05, 0.1) is 6.54 Å².